The van der Waals surface area contributed by atoms with Crippen LogP contribution >= 0.6 is 0 Å². The third-order valence-corrected chi connectivity index (χ3v) is 2.02. The minimum atomic E-state index is -4.50. The van der Waals surface area contributed by atoms with Crippen molar-refractivity contribution in [1.82, 2.24) is 4.98 Å². The topological polar surface area (TPSA) is 74.8 Å². The lowest BCUT2D eigenvalue weighted by Crippen LogP contribution is -2.18. The van der Waals surface area contributed by atoms with Crippen LogP contribution in [0.5, 0.6) is 0 Å². The summed E-state index contributed by atoms with van der Waals surface area (Å²) in [5.74, 6) is -0.320. The second kappa shape index (κ2) is 5.03. The molecule has 0 saturated carbocycles. The third kappa shape index (κ3) is 3.33. The molecule has 0 aliphatic heterocycles. The third-order valence-electron chi connectivity index (χ3n) is 2.02. The number of pyridine rings is 1. The summed E-state index contributed by atoms with van der Waals surface area (Å²) in [4.78, 5) is 3.45. The highest BCUT2D eigenvalue weighted by atomic mass is 19.4. The van der Waals surface area contributed by atoms with Gasteiger partial charge in [0.05, 0.1) is 5.56 Å². The second-order valence-electron chi connectivity index (χ2n) is 3.43. The quantitative estimate of drug-likeness (QED) is 0.563. The van der Waals surface area contributed by atoms with Gasteiger partial charge in [0.1, 0.15) is 17.3 Å². The first-order valence-electron chi connectivity index (χ1n) is 5.02. The van der Waals surface area contributed by atoms with Crippen LogP contribution in [-0.4, -0.2) is 17.4 Å². The van der Waals surface area contributed by atoms with Gasteiger partial charge in [-0.2, -0.15) is 13.2 Å². The number of halogens is 3. The number of alkyl halides is 3. The van der Waals surface area contributed by atoms with Crippen molar-refractivity contribution in [1.29, 1.82) is 5.41 Å². The van der Waals surface area contributed by atoms with E-state index in [0.29, 0.717) is 6.54 Å². The Morgan fingerprint density at radius 3 is 2.59 bits per heavy atom. The molecular weight excluding hydrogens is 233 g/mol. The summed E-state index contributed by atoms with van der Waals surface area (Å²) in [6, 6.07) is 1.96. The maximum absolute atomic E-state index is 12.4. The number of anilines is 1. The molecule has 0 saturated heterocycles. The van der Waals surface area contributed by atoms with Gasteiger partial charge in [-0.05, 0) is 18.6 Å². The fourth-order valence-electron chi connectivity index (χ4n) is 1.21. The number of amidine groups is 1. The Balaban J connectivity index is 3.14. The van der Waals surface area contributed by atoms with Crippen LogP contribution < -0.4 is 11.1 Å². The molecule has 1 aromatic heterocycles. The molecule has 94 valence electrons. The normalized spacial score (nSPS) is 11.3. The predicted molar refractivity (Wildman–Crippen MR) is 59.0 cm³/mol. The summed E-state index contributed by atoms with van der Waals surface area (Å²) >= 11 is 0. The molecule has 4 N–H and O–H groups in total. The fourth-order valence-corrected chi connectivity index (χ4v) is 1.21. The molecule has 1 rings (SSSR count). The fraction of sp³-hybridized carbons (Fsp3) is 0.400. The van der Waals surface area contributed by atoms with Crippen molar-refractivity contribution in [3.63, 3.8) is 0 Å². The van der Waals surface area contributed by atoms with Crippen LogP contribution in [0.1, 0.15) is 24.6 Å². The van der Waals surface area contributed by atoms with Crippen LogP contribution in [0.4, 0.5) is 19.0 Å². The number of nitrogens with two attached hydrogens (primary N) is 1. The molecule has 0 spiro atoms. The molecule has 1 heterocycles. The van der Waals surface area contributed by atoms with Gasteiger partial charge in [-0.25, -0.2) is 4.98 Å². The van der Waals surface area contributed by atoms with Crippen molar-refractivity contribution in [3.8, 4) is 0 Å². The van der Waals surface area contributed by atoms with Gasteiger partial charge in [-0.1, -0.05) is 6.92 Å². The number of aromatic nitrogens is 1. The molecule has 0 bridgehead atoms. The summed E-state index contributed by atoms with van der Waals surface area (Å²) < 4.78 is 37.3. The molecule has 0 aliphatic carbocycles. The minimum absolute atomic E-state index is 0.00539. The zero-order chi connectivity index (χ0) is 13.1. The molecule has 0 fully saturated rings. The molecule has 7 heteroatoms. The highest BCUT2D eigenvalue weighted by molar-refractivity contribution is 5.99. The van der Waals surface area contributed by atoms with Crippen LogP contribution in [0.3, 0.4) is 0 Å². The number of nitrogens with one attached hydrogen (secondary N) is 2. The van der Waals surface area contributed by atoms with E-state index in [1.54, 1.807) is 0 Å². The minimum Gasteiger partial charge on any atom is -0.384 e. The Labute approximate surface area is 96.5 Å². The Morgan fingerprint density at radius 1 is 1.47 bits per heavy atom. The van der Waals surface area contributed by atoms with Crippen LogP contribution in [0.25, 0.3) is 0 Å². The first-order valence-corrected chi connectivity index (χ1v) is 5.02. The van der Waals surface area contributed by atoms with E-state index in [4.69, 9.17) is 11.1 Å². The van der Waals surface area contributed by atoms with Crippen LogP contribution in [0.15, 0.2) is 12.1 Å². The van der Waals surface area contributed by atoms with Crippen LogP contribution in [0, 0.1) is 5.41 Å². The average molecular weight is 246 g/mol. The SMILES string of the molecule is CCCNc1nc(C(F)(F)F)ccc1C(=N)N. The van der Waals surface area contributed by atoms with Crippen molar-refractivity contribution < 1.29 is 13.2 Å². The lowest BCUT2D eigenvalue weighted by Gasteiger charge is -2.12. The molecule has 17 heavy (non-hydrogen) atoms. The number of nitrogens with zero attached hydrogens (tertiary/aromatic N) is 1. The smallest absolute Gasteiger partial charge is 0.384 e. The summed E-state index contributed by atoms with van der Waals surface area (Å²) in [6.45, 7) is 2.34. The van der Waals surface area contributed by atoms with Gasteiger partial charge in [0.2, 0.25) is 0 Å². The van der Waals surface area contributed by atoms with Gasteiger partial charge in [0.15, 0.2) is 0 Å². The van der Waals surface area contributed by atoms with Crippen molar-refractivity contribution in [2.75, 3.05) is 11.9 Å². The molecule has 0 radical (unpaired) electrons. The number of rotatable bonds is 4. The Kier molecular flexibility index (Phi) is 3.93. The molecule has 0 atom stereocenters. The summed E-state index contributed by atoms with van der Waals surface area (Å²) in [5.41, 5.74) is 4.44. The first kappa shape index (κ1) is 13.3. The summed E-state index contributed by atoms with van der Waals surface area (Å²) in [7, 11) is 0. The van der Waals surface area contributed by atoms with Crippen LogP contribution in [0.2, 0.25) is 0 Å². The standard InChI is InChI=1S/C10H13F3N4/c1-2-5-16-9-6(8(14)15)3-4-7(17-9)10(11,12)13/h3-4H,2,5H2,1H3,(H3,14,15)(H,16,17). The average Bonchev–Trinajstić information content (AvgIpc) is 2.24. The van der Waals surface area contributed by atoms with Crippen molar-refractivity contribution in [3.05, 3.63) is 23.4 Å². The lowest BCUT2D eigenvalue weighted by atomic mass is 10.2. The zero-order valence-corrected chi connectivity index (χ0v) is 9.23. The van der Waals surface area contributed by atoms with E-state index in [9.17, 15) is 13.2 Å². The van der Waals surface area contributed by atoms with E-state index < -0.39 is 11.9 Å². The van der Waals surface area contributed by atoms with E-state index in [1.165, 1.54) is 0 Å². The van der Waals surface area contributed by atoms with Crippen molar-refractivity contribution in [2.24, 2.45) is 5.73 Å². The van der Waals surface area contributed by atoms with E-state index >= 15 is 0 Å². The van der Waals surface area contributed by atoms with Crippen LogP contribution in [-0.2, 0) is 6.18 Å². The van der Waals surface area contributed by atoms with Gasteiger partial charge in [0.25, 0.3) is 0 Å². The number of hydrogen-bond donors (Lipinski definition) is 3. The van der Waals surface area contributed by atoms with Gasteiger partial charge in [-0.15, -0.1) is 0 Å². The highest BCUT2D eigenvalue weighted by Crippen LogP contribution is 2.29. The summed E-state index contributed by atoms with van der Waals surface area (Å²) in [6.07, 6.45) is -3.77. The molecule has 0 unspecified atom stereocenters. The Hall–Kier alpha value is -1.79. The van der Waals surface area contributed by atoms with Gasteiger partial charge < -0.3 is 11.1 Å². The number of hydrogen-bond acceptors (Lipinski definition) is 3. The monoisotopic (exact) mass is 246 g/mol. The zero-order valence-electron chi connectivity index (χ0n) is 9.23. The number of nitrogen functional groups attached to an aromatic ring is 1. The predicted octanol–water partition coefficient (Wildman–Crippen LogP) is 2.21. The van der Waals surface area contributed by atoms with Gasteiger partial charge in [0, 0.05) is 6.54 Å². The van der Waals surface area contributed by atoms with E-state index in [1.807, 2.05) is 6.92 Å². The van der Waals surface area contributed by atoms with Crippen molar-refractivity contribution in [2.45, 2.75) is 19.5 Å². The van der Waals surface area contributed by atoms with E-state index in [-0.39, 0.29) is 17.2 Å². The first-order chi connectivity index (χ1) is 7.86. The van der Waals surface area contributed by atoms with Gasteiger partial charge in [-0.3, -0.25) is 5.41 Å². The molecule has 0 aromatic carbocycles. The maximum Gasteiger partial charge on any atom is 0.433 e. The van der Waals surface area contributed by atoms with E-state index in [0.717, 1.165) is 18.6 Å². The molecule has 4 nitrogen and oxygen atoms in total. The molecular formula is C10H13F3N4. The molecule has 0 aliphatic rings. The Bertz CT molecular complexity index is 415. The highest BCUT2D eigenvalue weighted by Gasteiger charge is 2.33. The maximum atomic E-state index is 12.4. The summed E-state index contributed by atoms with van der Waals surface area (Å²) in [5, 5.41) is 9.98. The van der Waals surface area contributed by atoms with Crippen molar-refractivity contribution >= 4 is 11.7 Å². The second-order valence-corrected chi connectivity index (χ2v) is 3.43. The Morgan fingerprint density at radius 2 is 2.12 bits per heavy atom. The molecule has 1 aromatic rings. The lowest BCUT2D eigenvalue weighted by molar-refractivity contribution is -0.141. The van der Waals surface area contributed by atoms with Gasteiger partial charge >= 0.3 is 6.18 Å². The largest absolute Gasteiger partial charge is 0.433 e. The van der Waals surface area contributed by atoms with E-state index in [2.05, 4.69) is 10.3 Å². The molecule has 0 amide bonds.